The van der Waals surface area contributed by atoms with Crippen molar-refractivity contribution >= 4 is 23.3 Å². The fourth-order valence-electron chi connectivity index (χ4n) is 2.12. The van der Waals surface area contributed by atoms with Gasteiger partial charge in [-0.15, -0.1) is 0 Å². The molecule has 0 radical (unpaired) electrons. The average Bonchev–Trinajstić information content (AvgIpc) is 2.67. The highest BCUT2D eigenvalue weighted by Crippen LogP contribution is 2.23. The van der Waals surface area contributed by atoms with E-state index >= 15 is 0 Å². The Morgan fingerprint density at radius 2 is 1.35 bits per heavy atom. The van der Waals surface area contributed by atoms with E-state index in [4.69, 9.17) is 14.6 Å². The molecule has 0 amide bonds. The number of ether oxygens (including phenoxy) is 2. The summed E-state index contributed by atoms with van der Waals surface area (Å²) in [6.45, 7) is 3.78. The van der Waals surface area contributed by atoms with Crippen LogP contribution in [0.2, 0.25) is 0 Å². The van der Waals surface area contributed by atoms with Crippen LogP contribution < -0.4 is 0 Å². The molecule has 0 unspecified atom stereocenters. The van der Waals surface area contributed by atoms with Gasteiger partial charge in [-0.3, -0.25) is 0 Å². The maximum atomic E-state index is 12.0. The second-order valence-corrected chi connectivity index (χ2v) is 5.23. The van der Waals surface area contributed by atoms with Gasteiger partial charge in [-0.2, -0.15) is 10.2 Å². The van der Waals surface area contributed by atoms with E-state index in [1.807, 2.05) is 0 Å². The van der Waals surface area contributed by atoms with Crippen molar-refractivity contribution in [1.29, 1.82) is 0 Å². The van der Waals surface area contributed by atoms with Gasteiger partial charge in [0.05, 0.1) is 42.3 Å². The average molecular weight is 356 g/mol. The molecule has 2 aromatic rings. The topological polar surface area (TPSA) is 97.5 Å². The molecule has 0 spiro atoms. The number of carbonyl (C=O) groups excluding carboxylic acids is 2. The number of aliphatic hydroxyl groups excluding tert-OH is 1. The molecule has 26 heavy (non-hydrogen) atoms. The third-order valence-electron chi connectivity index (χ3n) is 3.34. The molecule has 7 heteroatoms. The molecule has 0 heterocycles. The highest BCUT2D eigenvalue weighted by Gasteiger charge is 2.14. The summed E-state index contributed by atoms with van der Waals surface area (Å²) >= 11 is 0. The molecule has 2 rings (SSSR count). The Kier molecular flexibility index (Phi) is 6.99. The summed E-state index contributed by atoms with van der Waals surface area (Å²) in [6, 6.07) is 11.3. The Bertz CT molecular complexity index is 764. The predicted molar refractivity (Wildman–Crippen MR) is 94.9 cm³/mol. The maximum Gasteiger partial charge on any atom is 0.338 e. The van der Waals surface area contributed by atoms with E-state index in [0.29, 0.717) is 11.4 Å². The van der Waals surface area contributed by atoms with Gasteiger partial charge in [0.2, 0.25) is 0 Å². The molecule has 0 aliphatic rings. The smallest absolute Gasteiger partial charge is 0.338 e. The van der Waals surface area contributed by atoms with Crippen LogP contribution in [0.3, 0.4) is 0 Å². The molecule has 0 aliphatic heterocycles. The molecule has 0 aliphatic carbocycles. The molecular weight excluding hydrogens is 336 g/mol. The van der Waals surface area contributed by atoms with Crippen LogP contribution in [0.4, 0.5) is 11.4 Å². The second kappa shape index (κ2) is 9.43. The van der Waals surface area contributed by atoms with E-state index in [1.54, 1.807) is 38.1 Å². The number of hydrogen-bond donors (Lipinski definition) is 1. The summed E-state index contributed by atoms with van der Waals surface area (Å²) in [5.74, 6) is -1.11. The molecule has 7 nitrogen and oxygen atoms in total. The van der Waals surface area contributed by atoms with Crippen molar-refractivity contribution in [3.05, 3.63) is 59.2 Å². The third-order valence-corrected chi connectivity index (χ3v) is 3.34. The fourth-order valence-corrected chi connectivity index (χ4v) is 2.12. The zero-order valence-electron chi connectivity index (χ0n) is 14.6. The number of carbonyl (C=O) groups is 2. The van der Waals surface area contributed by atoms with Crippen molar-refractivity contribution in [2.75, 3.05) is 13.2 Å². The van der Waals surface area contributed by atoms with Gasteiger partial charge >= 0.3 is 11.9 Å². The van der Waals surface area contributed by atoms with Crippen LogP contribution in [0.1, 0.15) is 40.1 Å². The molecule has 136 valence electrons. The van der Waals surface area contributed by atoms with Crippen LogP contribution in [0.5, 0.6) is 0 Å². The summed E-state index contributed by atoms with van der Waals surface area (Å²) in [5, 5.41) is 17.2. The highest BCUT2D eigenvalue weighted by molar-refractivity contribution is 5.96. The molecule has 0 saturated heterocycles. The minimum Gasteiger partial charge on any atom is -0.462 e. The lowest BCUT2D eigenvalue weighted by molar-refractivity contribution is 0.0525. The van der Waals surface area contributed by atoms with Crippen LogP contribution in [-0.4, -0.2) is 30.3 Å². The number of hydrogen-bond acceptors (Lipinski definition) is 7. The second-order valence-electron chi connectivity index (χ2n) is 5.23. The molecule has 0 fully saturated rings. The standard InChI is InChI=1S/C19H20N2O5/c1-3-25-18(23)14-9-15(19(24)26-4-2)11-17(10-14)21-20-16-7-5-13(12-22)6-8-16/h5-11,22H,3-4,12H2,1-2H3. The lowest BCUT2D eigenvalue weighted by Crippen LogP contribution is -2.09. The fraction of sp³-hybridized carbons (Fsp3) is 0.263. The van der Waals surface area contributed by atoms with E-state index in [9.17, 15) is 9.59 Å². The van der Waals surface area contributed by atoms with Gasteiger partial charge in [-0.25, -0.2) is 9.59 Å². The third kappa shape index (κ3) is 5.22. The summed E-state index contributed by atoms with van der Waals surface area (Å²) in [5.41, 5.74) is 2.05. The molecule has 1 N–H and O–H groups in total. The van der Waals surface area contributed by atoms with Gasteiger partial charge in [-0.05, 0) is 49.7 Å². The van der Waals surface area contributed by atoms with E-state index in [0.717, 1.165) is 5.56 Å². The van der Waals surface area contributed by atoms with Crippen molar-refractivity contribution in [1.82, 2.24) is 0 Å². The zero-order valence-corrected chi connectivity index (χ0v) is 14.6. The monoisotopic (exact) mass is 356 g/mol. The quantitative estimate of drug-likeness (QED) is 0.598. The van der Waals surface area contributed by atoms with E-state index in [-0.39, 0.29) is 30.9 Å². The van der Waals surface area contributed by atoms with Crippen LogP contribution in [-0.2, 0) is 16.1 Å². The molecule has 0 saturated carbocycles. The van der Waals surface area contributed by atoms with Gasteiger partial charge < -0.3 is 14.6 Å². The van der Waals surface area contributed by atoms with Crippen LogP contribution in [0, 0.1) is 0 Å². The minimum atomic E-state index is -0.553. The zero-order chi connectivity index (χ0) is 18.9. The Hall–Kier alpha value is -3.06. The van der Waals surface area contributed by atoms with Crippen molar-refractivity contribution in [3.8, 4) is 0 Å². The number of esters is 2. The Morgan fingerprint density at radius 3 is 1.81 bits per heavy atom. The minimum absolute atomic E-state index is 0.0537. The first-order valence-electron chi connectivity index (χ1n) is 8.18. The SMILES string of the molecule is CCOC(=O)c1cc(N=Nc2ccc(CO)cc2)cc(C(=O)OCC)c1. The van der Waals surface area contributed by atoms with Gasteiger partial charge in [0.1, 0.15) is 0 Å². The first-order chi connectivity index (χ1) is 12.6. The van der Waals surface area contributed by atoms with E-state index < -0.39 is 11.9 Å². The molecule has 0 aromatic heterocycles. The molecular formula is C19H20N2O5. The van der Waals surface area contributed by atoms with Crippen molar-refractivity contribution in [2.45, 2.75) is 20.5 Å². The maximum absolute atomic E-state index is 12.0. The molecule has 0 bridgehead atoms. The van der Waals surface area contributed by atoms with E-state index in [2.05, 4.69) is 10.2 Å². The Labute approximate surface area is 151 Å². The largest absolute Gasteiger partial charge is 0.462 e. The Morgan fingerprint density at radius 1 is 0.846 bits per heavy atom. The first-order valence-corrected chi connectivity index (χ1v) is 8.18. The Balaban J connectivity index is 2.33. The summed E-state index contributed by atoms with van der Waals surface area (Å²) in [7, 11) is 0. The lowest BCUT2D eigenvalue weighted by atomic mass is 10.1. The van der Waals surface area contributed by atoms with Gasteiger partial charge in [-0.1, -0.05) is 12.1 Å². The van der Waals surface area contributed by atoms with Gasteiger partial charge in [0, 0.05) is 0 Å². The van der Waals surface area contributed by atoms with Crippen LogP contribution in [0.25, 0.3) is 0 Å². The predicted octanol–water partition coefficient (Wildman–Crippen LogP) is 3.95. The number of benzene rings is 2. The highest BCUT2D eigenvalue weighted by atomic mass is 16.5. The van der Waals surface area contributed by atoms with Crippen LogP contribution >= 0.6 is 0 Å². The summed E-state index contributed by atoms with van der Waals surface area (Å²) in [6.07, 6.45) is 0. The van der Waals surface area contributed by atoms with Gasteiger partial charge in [0.25, 0.3) is 0 Å². The number of nitrogens with zero attached hydrogens (tertiary/aromatic N) is 2. The van der Waals surface area contributed by atoms with E-state index in [1.165, 1.54) is 18.2 Å². The molecule has 2 aromatic carbocycles. The summed E-state index contributed by atoms with van der Waals surface area (Å²) in [4.78, 5) is 24.0. The van der Waals surface area contributed by atoms with Crippen molar-refractivity contribution in [3.63, 3.8) is 0 Å². The van der Waals surface area contributed by atoms with Gasteiger partial charge in [0.15, 0.2) is 0 Å². The lowest BCUT2D eigenvalue weighted by Gasteiger charge is -2.06. The normalized spacial score (nSPS) is 10.7. The number of azo groups is 1. The number of aliphatic hydroxyl groups is 1. The molecule has 0 atom stereocenters. The number of rotatable bonds is 7. The van der Waals surface area contributed by atoms with Crippen molar-refractivity contribution in [2.24, 2.45) is 10.2 Å². The van der Waals surface area contributed by atoms with Crippen molar-refractivity contribution < 1.29 is 24.2 Å². The van der Waals surface area contributed by atoms with Crippen LogP contribution in [0.15, 0.2) is 52.7 Å². The first kappa shape index (κ1) is 19.3. The summed E-state index contributed by atoms with van der Waals surface area (Å²) < 4.78 is 9.96.